The van der Waals surface area contributed by atoms with E-state index in [0.717, 1.165) is 0 Å². The minimum atomic E-state index is -1.28. The zero-order chi connectivity index (χ0) is 19.7. The van der Waals surface area contributed by atoms with Crippen LogP contribution in [0, 0.1) is 0 Å². The SMILES string of the molecule is CC(=O)NCC(=O)[O-].CC(=O)NCC(=O)[O-].CC(=O)NCC(=O)[O-].[In+3]. The average molecular weight is 463 g/mol. The number of carboxylic acid groups (broad SMARTS) is 3. The molecule has 0 aromatic rings. The molecule has 3 N–H and O–H groups in total. The summed E-state index contributed by atoms with van der Waals surface area (Å²) in [7, 11) is 0. The fourth-order valence-corrected chi connectivity index (χ4v) is 0.590. The van der Waals surface area contributed by atoms with Gasteiger partial charge in [-0.05, 0) is 0 Å². The van der Waals surface area contributed by atoms with Crippen LogP contribution in [0.3, 0.4) is 0 Å². The molecule has 0 aliphatic heterocycles. The predicted octanol–water partition coefficient (Wildman–Crippen LogP) is -6.76. The molecule has 0 rings (SSSR count). The molecule has 25 heavy (non-hydrogen) atoms. The first-order valence-electron chi connectivity index (χ1n) is 6.21. The molecule has 0 spiro atoms. The van der Waals surface area contributed by atoms with Crippen molar-refractivity contribution in [3.05, 3.63) is 0 Å². The second-order valence-corrected chi connectivity index (χ2v) is 3.85. The van der Waals surface area contributed by atoms with Crippen molar-refractivity contribution in [1.29, 1.82) is 0 Å². The van der Waals surface area contributed by atoms with E-state index in [9.17, 15) is 44.1 Å². The van der Waals surface area contributed by atoms with E-state index < -0.39 is 37.5 Å². The van der Waals surface area contributed by atoms with Crippen LogP contribution in [-0.2, 0) is 28.8 Å². The molecule has 13 heteroatoms. The number of hydrogen-bond acceptors (Lipinski definition) is 9. The summed E-state index contributed by atoms with van der Waals surface area (Å²) >= 11 is 0. The van der Waals surface area contributed by atoms with Gasteiger partial charge in [-0.2, -0.15) is 0 Å². The Bertz CT molecular complexity index is 360. The van der Waals surface area contributed by atoms with Crippen LogP contribution in [0.15, 0.2) is 0 Å². The van der Waals surface area contributed by atoms with Crippen molar-refractivity contribution < 1.29 is 44.1 Å². The van der Waals surface area contributed by atoms with Crippen molar-refractivity contribution in [2.75, 3.05) is 19.6 Å². The van der Waals surface area contributed by atoms with Gasteiger partial charge in [0.05, 0.1) is 37.5 Å². The third kappa shape index (κ3) is 52.2. The maximum atomic E-state index is 9.95. The Labute approximate surface area is 162 Å². The topological polar surface area (TPSA) is 208 Å². The molecule has 0 radical (unpaired) electrons. The van der Waals surface area contributed by atoms with Crippen LogP contribution in [0.5, 0.6) is 0 Å². The molecule has 0 aliphatic rings. The van der Waals surface area contributed by atoms with Crippen molar-refractivity contribution in [3.63, 3.8) is 0 Å². The Balaban J connectivity index is -0.000000130. The number of carbonyl (C=O) groups is 6. The van der Waals surface area contributed by atoms with E-state index in [2.05, 4.69) is 0 Å². The molecule has 0 atom stereocenters. The van der Waals surface area contributed by atoms with Crippen molar-refractivity contribution in [2.24, 2.45) is 0 Å². The summed E-state index contributed by atoms with van der Waals surface area (Å²) < 4.78 is 0. The third-order valence-electron chi connectivity index (χ3n) is 1.45. The van der Waals surface area contributed by atoms with E-state index in [0.29, 0.717) is 0 Å². The molecule has 0 aliphatic carbocycles. The van der Waals surface area contributed by atoms with Gasteiger partial charge in [0, 0.05) is 20.8 Å². The van der Waals surface area contributed by atoms with Gasteiger partial charge in [0.25, 0.3) is 0 Å². The molecule has 12 nitrogen and oxygen atoms in total. The van der Waals surface area contributed by atoms with E-state index in [1.165, 1.54) is 20.8 Å². The number of nitrogens with one attached hydrogen (secondary N) is 3. The monoisotopic (exact) mass is 463 g/mol. The Hall–Kier alpha value is -2.31. The Morgan fingerprint density at radius 3 is 0.760 bits per heavy atom. The summed E-state index contributed by atoms with van der Waals surface area (Å²) in [6.07, 6.45) is 0. The van der Waals surface area contributed by atoms with Gasteiger partial charge in [0.15, 0.2) is 0 Å². The van der Waals surface area contributed by atoms with Crippen molar-refractivity contribution in [2.45, 2.75) is 20.8 Å². The Morgan fingerprint density at radius 1 is 0.560 bits per heavy atom. The van der Waals surface area contributed by atoms with Gasteiger partial charge in [-0.25, -0.2) is 0 Å². The minimum Gasteiger partial charge on any atom is -0.548 e. The molecule has 0 aromatic heterocycles. The van der Waals surface area contributed by atoms with Crippen LogP contribution < -0.4 is 31.3 Å². The second-order valence-electron chi connectivity index (χ2n) is 3.85. The normalized spacial score (nSPS) is 7.80. The largest absolute Gasteiger partial charge is 3.00 e. The van der Waals surface area contributed by atoms with E-state index in [-0.39, 0.29) is 43.6 Å². The van der Waals surface area contributed by atoms with Crippen LogP contribution >= 0.6 is 0 Å². The van der Waals surface area contributed by atoms with Gasteiger partial charge in [-0.1, -0.05) is 0 Å². The van der Waals surface area contributed by atoms with Gasteiger partial charge in [0.1, 0.15) is 0 Å². The van der Waals surface area contributed by atoms with Gasteiger partial charge in [-0.3, -0.25) is 14.4 Å². The average Bonchev–Trinajstić information content (AvgIpc) is 2.42. The Morgan fingerprint density at radius 2 is 0.720 bits per heavy atom. The molecular formula is C12H18InN3O9. The first-order chi connectivity index (χ1) is 10.9. The van der Waals surface area contributed by atoms with E-state index >= 15 is 0 Å². The summed E-state index contributed by atoms with van der Waals surface area (Å²) in [6.45, 7) is 2.49. The minimum absolute atomic E-state index is 0. The van der Waals surface area contributed by atoms with Gasteiger partial charge in [0.2, 0.25) is 17.7 Å². The van der Waals surface area contributed by atoms with E-state index in [1.54, 1.807) is 0 Å². The Kier molecular flexibility index (Phi) is 24.1. The van der Waals surface area contributed by atoms with E-state index in [4.69, 9.17) is 0 Å². The molecule has 0 unspecified atom stereocenters. The van der Waals surface area contributed by atoms with E-state index in [1.807, 2.05) is 16.0 Å². The summed E-state index contributed by atoms with van der Waals surface area (Å²) in [4.78, 5) is 58.6. The molecule has 0 heterocycles. The molecular weight excluding hydrogens is 445 g/mol. The molecule has 0 saturated carbocycles. The fourth-order valence-electron chi connectivity index (χ4n) is 0.590. The van der Waals surface area contributed by atoms with Crippen molar-refractivity contribution >= 4 is 61.5 Å². The molecule has 3 amide bonds. The molecule has 0 bridgehead atoms. The third-order valence-corrected chi connectivity index (χ3v) is 1.45. The number of hydrogen-bond donors (Lipinski definition) is 3. The van der Waals surface area contributed by atoms with Gasteiger partial charge < -0.3 is 45.7 Å². The maximum absolute atomic E-state index is 9.95. The number of carbonyl (C=O) groups excluding carboxylic acids is 6. The van der Waals surface area contributed by atoms with Crippen molar-refractivity contribution in [3.8, 4) is 0 Å². The number of rotatable bonds is 6. The number of aliphatic carboxylic acids is 3. The molecule has 0 aromatic carbocycles. The quantitative estimate of drug-likeness (QED) is 0.342. The zero-order valence-electron chi connectivity index (χ0n) is 13.9. The second kappa shape index (κ2) is 19.7. The number of carboxylic acids is 3. The van der Waals surface area contributed by atoms with Crippen LogP contribution in [-0.4, -0.2) is 81.1 Å². The smallest absolute Gasteiger partial charge is 0.548 e. The standard InChI is InChI=1S/3C4H7NO3.In/c3*1-3(6)5-2-4(7)8;/h3*2H2,1H3,(H,5,6)(H,7,8);/q;;;+3/p-3. The van der Waals surface area contributed by atoms with Gasteiger partial charge >= 0.3 is 25.8 Å². The van der Waals surface area contributed by atoms with Crippen LogP contribution in [0.1, 0.15) is 20.8 Å². The molecule has 0 saturated heterocycles. The summed E-state index contributed by atoms with van der Waals surface area (Å²) in [5.74, 6) is -4.93. The molecule has 138 valence electrons. The first kappa shape index (κ1) is 30.6. The first-order valence-corrected chi connectivity index (χ1v) is 6.21. The summed E-state index contributed by atoms with van der Waals surface area (Å²) in [5.41, 5.74) is 0. The predicted molar refractivity (Wildman–Crippen MR) is 76.8 cm³/mol. The van der Waals surface area contributed by atoms with Crippen molar-refractivity contribution in [1.82, 2.24) is 16.0 Å². The summed E-state index contributed by atoms with van der Waals surface area (Å²) in [6, 6.07) is 0. The zero-order valence-corrected chi connectivity index (χ0v) is 17.2. The maximum Gasteiger partial charge on any atom is 3.00 e. The molecule has 0 fully saturated rings. The number of amides is 3. The van der Waals surface area contributed by atoms with Gasteiger partial charge in [-0.15, -0.1) is 0 Å². The van der Waals surface area contributed by atoms with Crippen LogP contribution in [0.2, 0.25) is 0 Å². The summed E-state index contributed by atoms with van der Waals surface area (Å²) in [5, 5.41) is 34.9. The fraction of sp³-hybridized carbons (Fsp3) is 0.500. The van der Waals surface area contributed by atoms with Crippen LogP contribution in [0.4, 0.5) is 0 Å². The van der Waals surface area contributed by atoms with Crippen LogP contribution in [0.25, 0.3) is 0 Å².